The summed E-state index contributed by atoms with van der Waals surface area (Å²) in [5.41, 5.74) is 2.39. The number of nitrogens with two attached hydrogens (primary N) is 1. The van der Waals surface area contributed by atoms with Crippen LogP contribution in [-0.2, 0) is 9.53 Å². The highest BCUT2D eigenvalue weighted by atomic mass is 19.4. The van der Waals surface area contributed by atoms with E-state index in [1.54, 1.807) is 0 Å². The molecule has 1 saturated heterocycles. The molecule has 1 aromatic rings. The molecule has 1 aliphatic heterocycles. The Bertz CT molecular complexity index is 663. The van der Waals surface area contributed by atoms with Crippen LogP contribution in [0.5, 0.6) is 5.75 Å². The number of halogens is 5. The first-order chi connectivity index (χ1) is 11.0. The maximum Gasteiger partial charge on any atom is 0.417 e. The molecule has 134 valence electrons. The van der Waals surface area contributed by atoms with Crippen LogP contribution in [0.2, 0.25) is 0 Å². The number of amides is 1. The van der Waals surface area contributed by atoms with Crippen LogP contribution < -0.4 is 10.5 Å². The van der Waals surface area contributed by atoms with Crippen molar-refractivity contribution in [3.8, 4) is 5.75 Å². The maximum absolute atomic E-state index is 13.9. The molecule has 1 fully saturated rings. The number of primary amides is 1. The second-order valence-electron chi connectivity index (χ2n) is 5.84. The van der Waals surface area contributed by atoms with E-state index < -0.39 is 53.0 Å². The average Bonchev–Trinajstić information content (AvgIpc) is 2.75. The molecule has 4 nitrogen and oxygen atoms in total. The van der Waals surface area contributed by atoms with E-state index in [-0.39, 0.29) is 5.56 Å². The van der Waals surface area contributed by atoms with Crippen molar-refractivity contribution < 1.29 is 36.2 Å². The zero-order chi connectivity index (χ0) is 18.4. The molecule has 0 spiro atoms. The Hall–Kier alpha value is -1.90. The Kier molecular flexibility index (Phi) is 4.51. The lowest BCUT2D eigenvalue weighted by Crippen LogP contribution is -2.47. The van der Waals surface area contributed by atoms with E-state index in [2.05, 4.69) is 0 Å². The molecule has 2 rings (SSSR count). The standard InChI is InChI=1S/C15H16F5NO3/c1-6-9(7-4-5-8(16)10(17)11(7)23-3)12(13(21)22)24-14(6,2)15(18,19)20/h4-6,9,12H,1-3H3,(H2,21,22)/t6-,9-,12-,14+/m0/s1. The molecule has 1 amide bonds. The summed E-state index contributed by atoms with van der Waals surface area (Å²) >= 11 is 0. The number of rotatable bonds is 3. The lowest BCUT2D eigenvalue weighted by atomic mass is 9.77. The van der Waals surface area contributed by atoms with Gasteiger partial charge in [0, 0.05) is 17.4 Å². The van der Waals surface area contributed by atoms with E-state index >= 15 is 0 Å². The monoisotopic (exact) mass is 353 g/mol. The van der Waals surface area contributed by atoms with E-state index in [4.69, 9.17) is 15.2 Å². The van der Waals surface area contributed by atoms with Crippen LogP contribution >= 0.6 is 0 Å². The quantitative estimate of drug-likeness (QED) is 0.850. The van der Waals surface area contributed by atoms with Gasteiger partial charge in [-0.2, -0.15) is 17.6 Å². The maximum atomic E-state index is 13.9. The number of hydrogen-bond acceptors (Lipinski definition) is 3. The zero-order valence-electron chi connectivity index (χ0n) is 13.1. The largest absolute Gasteiger partial charge is 0.493 e. The summed E-state index contributed by atoms with van der Waals surface area (Å²) in [5, 5.41) is 0. The third kappa shape index (κ3) is 2.60. The first-order valence-electron chi connectivity index (χ1n) is 7.01. The SMILES string of the molecule is COc1c([C@H]2[C@@H](C(N)=O)O[C@@](C)(C(F)(F)F)[C@H]2C)ccc(F)c1F. The molecule has 2 N–H and O–H groups in total. The van der Waals surface area contributed by atoms with E-state index in [0.717, 1.165) is 26.2 Å². The molecule has 0 radical (unpaired) electrons. The van der Waals surface area contributed by atoms with Crippen molar-refractivity contribution in [1.29, 1.82) is 0 Å². The Balaban J connectivity index is 2.64. The minimum atomic E-state index is -4.79. The lowest BCUT2D eigenvalue weighted by Gasteiger charge is -2.32. The van der Waals surface area contributed by atoms with Crippen LogP contribution in [0.4, 0.5) is 22.0 Å². The number of ether oxygens (including phenoxy) is 2. The van der Waals surface area contributed by atoms with E-state index in [9.17, 15) is 26.7 Å². The number of carbonyl (C=O) groups is 1. The summed E-state index contributed by atoms with van der Waals surface area (Å²) in [7, 11) is 1.05. The highest BCUT2D eigenvalue weighted by molar-refractivity contribution is 5.81. The van der Waals surface area contributed by atoms with Gasteiger partial charge in [0.05, 0.1) is 7.11 Å². The van der Waals surface area contributed by atoms with Crippen LogP contribution in [0.15, 0.2) is 12.1 Å². The Labute approximate surface area is 134 Å². The first-order valence-corrected chi connectivity index (χ1v) is 7.01. The number of alkyl halides is 3. The fraction of sp³-hybridized carbons (Fsp3) is 0.533. The molecule has 0 unspecified atom stereocenters. The summed E-state index contributed by atoms with van der Waals surface area (Å²) in [6.45, 7) is 2.00. The van der Waals surface area contributed by atoms with Gasteiger partial charge in [0.25, 0.3) is 0 Å². The van der Waals surface area contributed by atoms with E-state index in [1.807, 2.05) is 0 Å². The predicted molar refractivity (Wildman–Crippen MR) is 73.3 cm³/mol. The fourth-order valence-electron chi connectivity index (χ4n) is 3.06. The van der Waals surface area contributed by atoms with Gasteiger partial charge in [0.15, 0.2) is 17.2 Å². The minimum Gasteiger partial charge on any atom is -0.493 e. The molecule has 1 aliphatic rings. The molecule has 9 heteroatoms. The van der Waals surface area contributed by atoms with Crippen molar-refractivity contribution in [2.24, 2.45) is 11.7 Å². The van der Waals surface area contributed by atoms with Crippen molar-refractivity contribution in [2.75, 3.05) is 7.11 Å². The topological polar surface area (TPSA) is 61.5 Å². The second kappa shape index (κ2) is 5.87. The van der Waals surface area contributed by atoms with Crippen molar-refractivity contribution in [1.82, 2.24) is 0 Å². The highest BCUT2D eigenvalue weighted by Gasteiger charge is 2.65. The zero-order valence-corrected chi connectivity index (χ0v) is 13.1. The first kappa shape index (κ1) is 18.4. The van der Waals surface area contributed by atoms with Crippen LogP contribution in [0.1, 0.15) is 25.3 Å². The molecule has 1 aromatic carbocycles. The minimum absolute atomic E-state index is 0.110. The average molecular weight is 353 g/mol. The summed E-state index contributed by atoms with van der Waals surface area (Å²) in [6, 6.07) is 1.82. The second-order valence-corrected chi connectivity index (χ2v) is 5.84. The molecule has 0 aliphatic carbocycles. The molecule has 4 atom stereocenters. The third-order valence-corrected chi connectivity index (χ3v) is 4.59. The third-order valence-electron chi connectivity index (χ3n) is 4.59. The summed E-state index contributed by atoms with van der Waals surface area (Å²) < 4.78 is 77.2. The molecule has 1 heterocycles. The summed E-state index contributed by atoms with van der Waals surface area (Å²) in [4.78, 5) is 11.6. The smallest absolute Gasteiger partial charge is 0.417 e. The van der Waals surface area contributed by atoms with Gasteiger partial charge >= 0.3 is 6.18 Å². The number of carbonyl (C=O) groups excluding carboxylic acids is 1. The lowest BCUT2D eigenvalue weighted by molar-refractivity contribution is -0.272. The normalized spacial score (nSPS) is 30.4. The molecule has 0 saturated carbocycles. The number of hydrogen-bond donors (Lipinski definition) is 1. The molecular formula is C15H16F5NO3. The Morgan fingerprint density at radius 3 is 2.38 bits per heavy atom. The van der Waals surface area contributed by atoms with Crippen LogP contribution in [0, 0.1) is 17.6 Å². The van der Waals surface area contributed by atoms with Gasteiger partial charge in [-0.15, -0.1) is 0 Å². The molecule has 24 heavy (non-hydrogen) atoms. The molecule has 0 bridgehead atoms. The molecular weight excluding hydrogens is 337 g/mol. The van der Waals surface area contributed by atoms with Crippen LogP contribution in [0.3, 0.4) is 0 Å². The van der Waals surface area contributed by atoms with Gasteiger partial charge < -0.3 is 15.2 Å². The van der Waals surface area contributed by atoms with Gasteiger partial charge in [-0.1, -0.05) is 13.0 Å². The van der Waals surface area contributed by atoms with E-state index in [1.165, 1.54) is 6.92 Å². The van der Waals surface area contributed by atoms with E-state index in [0.29, 0.717) is 0 Å². The Morgan fingerprint density at radius 2 is 1.92 bits per heavy atom. The number of benzene rings is 1. The van der Waals surface area contributed by atoms with Gasteiger partial charge in [-0.3, -0.25) is 4.79 Å². The van der Waals surface area contributed by atoms with Crippen molar-refractivity contribution >= 4 is 5.91 Å². The van der Waals surface area contributed by atoms with Gasteiger partial charge in [0.1, 0.15) is 6.10 Å². The predicted octanol–water partition coefficient (Wildman–Crippen LogP) is 2.90. The van der Waals surface area contributed by atoms with Crippen LogP contribution in [0.25, 0.3) is 0 Å². The van der Waals surface area contributed by atoms with Crippen molar-refractivity contribution in [3.05, 3.63) is 29.3 Å². The summed E-state index contributed by atoms with van der Waals surface area (Å²) in [5.74, 6) is -6.84. The Morgan fingerprint density at radius 1 is 1.33 bits per heavy atom. The summed E-state index contributed by atoms with van der Waals surface area (Å²) in [6.07, 6.45) is -6.45. The van der Waals surface area contributed by atoms with Gasteiger partial charge in [-0.05, 0) is 13.0 Å². The van der Waals surface area contributed by atoms with Crippen molar-refractivity contribution in [2.45, 2.75) is 37.6 Å². The van der Waals surface area contributed by atoms with Crippen molar-refractivity contribution in [3.63, 3.8) is 0 Å². The highest BCUT2D eigenvalue weighted by Crippen LogP contribution is 2.54. The number of methoxy groups -OCH3 is 1. The van der Waals surface area contributed by atoms with Gasteiger partial charge in [-0.25, -0.2) is 4.39 Å². The fourth-order valence-corrected chi connectivity index (χ4v) is 3.06. The molecule has 0 aromatic heterocycles. The van der Waals surface area contributed by atoms with Crippen LogP contribution in [-0.4, -0.2) is 30.9 Å². The van der Waals surface area contributed by atoms with Gasteiger partial charge in [0.2, 0.25) is 11.7 Å².